The molecule has 0 aliphatic carbocycles. The van der Waals surface area contributed by atoms with Crippen LogP contribution >= 0.6 is 0 Å². The summed E-state index contributed by atoms with van der Waals surface area (Å²) < 4.78 is 13.8. The van der Waals surface area contributed by atoms with Crippen LogP contribution in [0.25, 0.3) is 138 Å². The molecule has 0 saturated carbocycles. The highest BCUT2D eigenvalue weighted by atomic mass is 16.3. The summed E-state index contributed by atoms with van der Waals surface area (Å²) in [4.78, 5) is 10.3. The fourth-order valence-corrected chi connectivity index (χ4v) is 11.1. The van der Waals surface area contributed by atoms with Crippen molar-refractivity contribution >= 4 is 87.4 Å². The third kappa shape index (κ3) is 5.80. The summed E-state index contributed by atoms with van der Waals surface area (Å²) in [7, 11) is 0. The number of nitrogens with zero attached hydrogens (tertiary/aromatic N) is 5. The van der Waals surface area contributed by atoms with Gasteiger partial charge in [0.05, 0.1) is 44.5 Å². The van der Waals surface area contributed by atoms with Crippen molar-refractivity contribution < 1.29 is 4.42 Å². The quantitative estimate of drug-likeness (QED) is 0.167. The van der Waals surface area contributed by atoms with Crippen LogP contribution in [-0.4, -0.2) is 23.7 Å². The van der Waals surface area contributed by atoms with E-state index in [0.717, 1.165) is 78.1 Å². The zero-order chi connectivity index (χ0) is 45.9. The smallest absolute Gasteiger partial charge is 0.160 e. The van der Waals surface area contributed by atoms with Crippen LogP contribution in [0.3, 0.4) is 0 Å². The van der Waals surface area contributed by atoms with E-state index < -0.39 is 0 Å². The Kier molecular flexibility index (Phi) is 8.26. The molecule has 0 aliphatic rings. The average Bonchev–Trinajstić information content (AvgIpc) is 4.17. The Morgan fingerprint density at radius 1 is 0.257 bits per heavy atom. The lowest BCUT2D eigenvalue weighted by atomic mass is 10.1. The van der Waals surface area contributed by atoms with Gasteiger partial charge in [0.15, 0.2) is 5.82 Å². The van der Waals surface area contributed by atoms with E-state index in [4.69, 9.17) is 14.4 Å². The molecule has 0 N–H and O–H groups in total. The van der Waals surface area contributed by atoms with Crippen molar-refractivity contribution in [3.63, 3.8) is 0 Å². The van der Waals surface area contributed by atoms with Crippen molar-refractivity contribution in [3.05, 3.63) is 237 Å². The Morgan fingerprint density at radius 2 is 0.614 bits per heavy atom. The van der Waals surface area contributed by atoms with E-state index >= 15 is 0 Å². The first-order valence-electron chi connectivity index (χ1n) is 23.7. The van der Waals surface area contributed by atoms with E-state index in [0.29, 0.717) is 5.82 Å². The van der Waals surface area contributed by atoms with Crippen molar-refractivity contribution in [3.8, 4) is 51.0 Å². The molecule has 10 aromatic carbocycles. The van der Waals surface area contributed by atoms with Crippen LogP contribution < -0.4 is 0 Å². The number of furan rings is 1. The molecular weight excluding hydrogens is 855 g/mol. The highest BCUT2D eigenvalue weighted by Crippen LogP contribution is 2.41. The first kappa shape index (κ1) is 38.6. The second-order valence-corrected chi connectivity index (χ2v) is 18.2. The molecule has 6 nitrogen and oxygen atoms in total. The standard InChI is InChI=1S/C64H39N5O/c1-3-15-40(16-4-1)54-39-55(41-17-5-2-6-18-41)66-64(65-54)42-27-33-62-52(35-42)53-38-45(30-34-63(53)70-62)69-60-31-28-43(67-56-23-11-7-19-46(56)47-20-8-12-24-57(47)67)36-50(60)51-37-44(29-32-61(51)69)68-58-25-13-9-21-48(58)49-22-10-14-26-59(49)68/h1-39H. The molecular formula is C64H39N5O. The summed E-state index contributed by atoms with van der Waals surface area (Å²) in [6.45, 7) is 0. The maximum absolute atomic E-state index is 6.58. The summed E-state index contributed by atoms with van der Waals surface area (Å²) in [5.74, 6) is 0.660. The average molecular weight is 894 g/mol. The molecule has 0 saturated heterocycles. The maximum atomic E-state index is 6.58. The van der Waals surface area contributed by atoms with E-state index in [2.05, 4.69) is 214 Å². The van der Waals surface area contributed by atoms with Gasteiger partial charge in [-0.25, -0.2) is 9.97 Å². The fourth-order valence-electron chi connectivity index (χ4n) is 11.1. The van der Waals surface area contributed by atoms with Gasteiger partial charge in [-0.3, -0.25) is 0 Å². The number of hydrogen-bond donors (Lipinski definition) is 0. The van der Waals surface area contributed by atoms with Crippen LogP contribution in [0.15, 0.2) is 241 Å². The van der Waals surface area contributed by atoms with Gasteiger partial charge >= 0.3 is 0 Å². The minimum Gasteiger partial charge on any atom is -0.456 e. The predicted molar refractivity (Wildman–Crippen MR) is 289 cm³/mol. The first-order chi connectivity index (χ1) is 34.7. The van der Waals surface area contributed by atoms with Crippen LogP contribution in [0, 0.1) is 0 Å². The molecule has 0 amide bonds. The van der Waals surface area contributed by atoms with Gasteiger partial charge in [0.1, 0.15) is 11.2 Å². The molecule has 5 heterocycles. The lowest BCUT2D eigenvalue weighted by Crippen LogP contribution is -1.96. The second-order valence-electron chi connectivity index (χ2n) is 18.2. The molecule has 0 atom stereocenters. The topological polar surface area (TPSA) is 53.7 Å². The Bertz CT molecular complexity index is 4260. The summed E-state index contributed by atoms with van der Waals surface area (Å²) >= 11 is 0. The second kappa shape index (κ2) is 15.0. The van der Waals surface area contributed by atoms with Gasteiger partial charge in [-0.05, 0) is 103 Å². The Balaban J connectivity index is 0.949. The van der Waals surface area contributed by atoms with Gasteiger partial charge in [0.2, 0.25) is 0 Å². The lowest BCUT2D eigenvalue weighted by Gasteiger charge is -2.11. The van der Waals surface area contributed by atoms with Crippen molar-refractivity contribution in [2.24, 2.45) is 0 Å². The molecule has 326 valence electrons. The van der Waals surface area contributed by atoms with Crippen molar-refractivity contribution in [2.75, 3.05) is 0 Å². The largest absolute Gasteiger partial charge is 0.456 e. The molecule has 0 fully saturated rings. The predicted octanol–water partition coefficient (Wildman–Crippen LogP) is 16.7. The molecule has 0 unspecified atom stereocenters. The molecule has 0 bridgehead atoms. The molecule has 0 radical (unpaired) electrons. The van der Waals surface area contributed by atoms with E-state index in [9.17, 15) is 0 Å². The van der Waals surface area contributed by atoms with Gasteiger partial charge in [0, 0.05) is 76.8 Å². The van der Waals surface area contributed by atoms with Crippen molar-refractivity contribution in [1.82, 2.24) is 23.7 Å². The minimum atomic E-state index is 0.660. The van der Waals surface area contributed by atoms with E-state index in [1.807, 2.05) is 36.4 Å². The van der Waals surface area contributed by atoms with Gasteiger partial charge < -0.3 is 18.1 Å². The van der Waals surface area contributed by atoms with Gasteiger partial charge in [0.25, 0.3) is 0 Å². The van der Waals surface area contributed by atoms with Crippen LogP contribution in [0.2, 0.25) is 0 Å². The summed E-state index contributed by atoms with van der Waals surface area (Å²) in [6, 6.07) is 84.4. The maximum Gasteiger partial charge on any atom is 0.160 e. The Labute approximate surface area is 401 Å². The van der Waals surface area contributed by atoms with Crippen LogP contribution in [0.5, 0.6) is 0 Å². The first-order valence-corrected chi connectivity index (χ1v) is 23.7. The number of rotatable bonds is 6. The van der Waals surface area contributed by atoms with Gasteiger partial charge in [-0.15, -0.1) is 0 Å². The fraction of sp³-hybridized carbons (Fsp3) is 0. The van der Waals surface area contributed by atoms with Gasteiger partial charge in [-0.1, -0.05) is 133 Å². The zero-order valence-electron chi connectivity index (χ0n) is 37.7. The van der Waals surface area contributed by atoms with Crippen molar-refractivity contribution in [1.29, 1.82) is 0 Å². The number of hydrogen-bond acceptors (Lipinski definition) is 3. The minimum absolute atomic E-state index is 0.660. The van der Waals surface area contributed by atoms with Crippen LogP contribution in [-0.2, 0) is 0 Å². The van der Waals surface area contributed by atoms with Gasteiger partial charge in [-0.2, -0.15) is 0 Å². The number of aromatic nitrogens is 5. The number of para-hydroxylation sites is 4. The Hall–Kier alpha value is -9.52. The Morgan fingerprint density at radius 3 is 1.07 bits per heavy atom. The lowest BCUT2D eigenvalue weighted by molar-refractivity contribution is 0.669. The number of benzene rings is 10. The summed E-state index contributed by atoms with van der Waals surface area (Å²) in [5.41, 5.74) is 16.6. The number of fused-ring (bicyclic) bond motifs is 12. The van der Waals surface area contributed by atoms with E-state index in [1.165, 1.54) is 54.4 Å². The van der Waals surface area contributed by atoms with Crippen molar-refractivity contribution in [2.45, 2.75) is 0 Å². The molecule has 70 heavy (non-hydrogen) atoms. The molecule has 15 aromatic rings. The molecule has 6 heteroatoms. The summed E-state index contributed by atoms with van der Waals surface area (Å²) in [5, 5.41) is 9.33. The van der Waals surface area contributed by atoms with E-state index in [1.54, 1.807) is 0 Å². The third-order valence-electron chi connectivity index (χ3n) is 14.2. The highest BCUT2D eigenvalue weighted by molar-refractivity contribution is 6.15. The van der Waals surface area contributed by atoms with Crippen LogP contribution in [0.1, 0.15) is 0 Å². The third-order valence-corrected chi connectivity index (χ3v) is 14.2. The monoisotopic (exact) mass is 893 g/mol. The molecule has 0 spiro atoms. The summed E-state index contributed by atoms with van der Waals surface area (Å²) in [6.07, 6.45) is 0. The SMILES string of the molecule is c1ccc(-c2cc(-c3ccccc3)nc(-c3ccc4oc5ccc(-n6c7ccc(-n8c9ccccc9c9ccccc98)cc7c7cc(-n8c9ccccc9c9ccccc98)ccc76)cc5c4c3)n2)cc1. The molecule has 0 aliphatic heterocycles. The van der Waals surface area contributed by atoms with E-state index in [-0.39, 0.29) is 0 Å². The normalized spacial score (nSPS) is 12.0. The van der Waals surface area contributed by atoms with Crippen LogP contribution in [0.4, 0.5) is 0 Å². The molecule has 15 rings (SSSR count). The molecule has 5 aromatic heterocycles. The highest BCUT2D eigenvalue weighted by Gasteiger charge is 2.21. The zero-order valence-corrected chi connectivity index (χ0v) is 37.7.